The molecule has 0 N–H and O–H groups in total. The summed E-state index contributed by atoms with van der Waals surface area (Å²) in [7, 11) is 1.78. The van der Waals surface area contributed by atoms with Crippen LogP contribution in [-0.2, 0) is 11.3 Å². The van der Waals surface area contributed by atoms with Crippen LogP contribution in [0.4, 0.5) is 0 Å². The molecule has 0 aliphatic heterocycles. The van der Waals surface area contributed by atoms with E-state index in [1.165, 1.54) is 0 Å². The smallest absolute Gasteiger partial charge is 0.242 e. The van der Waals surface area contributed by atoms with Gasteiger partial charge in [0.25, 0.3) is 0 Å². The first-order valence-corrected chi connectivity index (χ1v) is 5.93. The van der Waals surface area contributed by atoms with Gasteiger partial charge < -0.3 is 9.47 Å². The summed E-state index contributed by atoms with van der Waals surface area (Å²) in [4.78, 5) is 24.3. The molecule has 0 unspecified atom stereocenters. The summed E-state index contributed by atoms with van der Waals surface area (Å²) in [6, 6.07) is 7.42. The van der Waals surface area contributed by atoms with Crippen LogP contribution in [0.15, 0.2) is 30.5 Å². The van der Waals surface area contributed by atoms with Crippen molar-refractivity contribution in [3.8, 4) is 0 Å². The van der Waals surface area contributed by atoms with Crippen molar-refractivity contribution >= 4 is 23.1 Å². The van der Waals surface area contributed by atoms with Crippen LogP contribution in [0.5, 0.6) is 0 Å². The van der Waals surface area contributed by atoms with Gasteiger partial charge in [-0.15, -0.1) is 0 Å². The van der Waals surface area contributed by atoms with E-state index in [9.17, 15) is 9.59 Å². The van der Waals surface area contributed by atoms with Crippen molar-refractivity contribution in [2.75, 3.05) is 13.6 Å². The van der Waals surface area contributed by atoms with Gasteiger partial charge in [-0.2, -0.15) is 0 Å². The number of carbonyl (C=O) groups excluding carboxylic acids is 2. The average molecular weight is 244 g/mol. The Balaban J connectivity index is 2.33. The number of nitrogens with zero attached hydrogens (tertiary/aromatic N) is 2. The number of aldehydes is 1. The fourth-order valence-electron chi connectivity index (χ4n) is 1.85. The third kappa shape index (κ3) is 2.27. The molecule has 0 aliphatic rings. The van der Waals surface area contributed by atoms with Gasteiger partial charge in [-0.3, -0.25) is 9.59 Å². The highest BCUT2D eigenvalue weighted by Crippen LogP contribution is 2.17. The van der Waals surface area contributed by atoms with Crippen LogP contribution in [0.1, 0.15) is 17.3 Å². The summed E-state index contributed by atoms with van der Waals surface area (Å²) in [6.45, 7) is 2.93. The Morgan fingerprint density at radius 2 is 2.17 bits per heavy atom. The van der Waals surface area contributed by atoms with E-state index in [1.54, 1.807) is 18.0 Å². The van der Waals surface area contributed by atoms with E-state index in [2.05, 4.69) is 0 Å². The van der Waals surface area contributed by atoms with Gasteiger partial charge >= 0.3 is 0 Å². The molecule has 4 heteroatoms. The van der Waals surface area contributed by atoms with Crippen molar-refractivity contribution in [3.63, 3.8) is 0 Å². The molecule has 0 radical (unpaired) electrons. The second-order valence-electron chi connectivity index (χ2n) is 4.29. The van der Waals surface area contributed by atoms with Gasteiger partial charge in [0, 0.05) is 30.9 Å². The highest BCUT2D eigenvalue weighted by molar-refractivity contribution is 5.88. The first-order valence-electron chi connectivity index (χ1n) is 5.93. The molecule has 94 valence electrons. The predicted molar refractivity (Wildman–Crippen MR) is 70.6 cm³/mol. The second kappa shape index (κ2) is 5.04. The molecule has 18 heavy (non-hydrogen) atoms. The maximum atomic E-state index is 11.9. The number of aromatic nitrogens is 1. The molecule has 2 aromatic rings. The van der Waals surface area contributed by atoms with E-state index >= 15 is 0 Å². The van der Waals surface area contributed by atoms with Crippen LogP contribution in [0.3, 0.4) is 0 Å². The van der Waals surface area contributed by atoms with Crippen molar-refractivity contribution in [2.24, 2.45) is 0 Å². The van der Waals surface area contributed by atoms with E-state index in [0.29, 0.717) is 18.7 Å². The molecule has 1 amide bonds. The zero-order valence-corrected chi connectivity index (χ0v) is 10.6. The minimum absolute atomic E-state index is 0.0616. The van der Waals surface area contributed by atoms with E-state index < -0.39 is 0 Å². The molecular formula is C14H16N2O2. The number of hydrogen-bond donors (Lipinski definition) is 0. The van der Waals surface area contributed by atoms with Crippen LogP contribution < -0.4 is 0 Å². The Bertz CT molecular complexity index is 586. The number of carbonyl (C=O) groups is 2. The third-order valence-corrected chi connectivity index (χ3v) is 3.14. The molecule has 0 aliphatic carbocycles. The van der Waals surface area contributed by atoms with Crippen LogP contribution in [0, 0.1) is 0 Å². The molecule has 2 rings (SSSR count). The van der Waals surface area contributed by atoms with E-state index in [0.717, 1.165) is 17.2 Å². The summed E-state index contributed by atoms with van der Waals surface area (Å²) >= 11 is 0. The molecule has 4 nitrogen and oxygen atoms in total. The van der Waals surface area contributed by atoms with Crippen molar-refractivity contribution in [2.45, 2.75) is 13.5 Å². The lowest BCUT2D eigenvalue weighted by Crippen LogP contribution is -2.29. The molecule has 0 fully saturated rings. The highest BCUT2D eigenvalue weighted by atomic mass is 16.2. The highest BCUT2D eigenvalue weighted by Gasteiger charge is 2.09. The molecule has 1 heterocycles. The molecule has 0 bridgehead atoms. The van der Waals surface area contributed by atoms with Gasteiger partial charge in [0.05, 0.1) is 0 Å². The van der Waals surface area contributed by atoms with E-state index in [-0.39, 0.29) is 5.91 Å². The fourth-order valence-corrected chi connectivity index (χ4v) is 1.85. The minimum Gasteiger partial charge on any atom is -0.344 e. The van der Waals surface area contributed by atoms with Gasteiger partial charge in [0.1, 0.15) is 12.8 Å². The summed E-state index contributed by atoms with van der Waals surface area (Å²) in [5.74, 6) is 0.0616. The Morgan fingerprint density at radius 3 is 2.83 bits per heavy atom. The van der Waals surface area contributed by atoms with Gasteiger partial charge in [0.15, 0.2) is 0 Å². The number of amides is 1. The number of fused-ring (bicyclic) bond motifs is 1. The second-order valence-corrected chi connectivity index (χ2v) is 4.29. The largest absolute Gasteiger partial charge is 0.344 e. The topological polar surface area (TPSA) is 42.3 Å². The Hall–Kier alpha value is -2.10. The molecule has 0 saturated carbocycles. The van der Waals surface area contributed by atoms with Gasteiger partial charge in [-0.1, -0.05) is 12.1 Å². The Labute approximate surface area is 106 Å². The molecule has 0 spiro atoms. The fraction of sp³-hybridized carbons (Fsp3) is 0.286. The van der Waals surface area contributed by atoms with Crippen LogP contribution in [0.25, 0.3) is 10.9 Å². The van der Waals surface area contributed by atoms with Crippen molar-refractivity contribution in [3.05, 3.63) is 36.0 Å². The maximum Gasteiger partial charge on any atom is 0.242 e. The monoisotopic (exact) mass is 244 g/mol. The van der Waals surface area contributed by atoms with Crippen molar-refractivity contribution < 1.29 is 9.59 Å². The minimum atomic E-state index is 0.0616. The van der Waals surface area contributed by atoms with Gasteiger partial charge in [0.2, 0.25) is 5.91 Å². The zero-order chi connectivity index (χ0) is 13.1. The molecule has 1 aromatic carbocycles. The summed E-state index contributed by atoms with van der Waals surface area (Å²) < 4.78 is 1.87. The van der Waals surface area contributed by atoms with Gasteiger partial charge in [-0.25, -0.2) is 0 Å². The first kappa shape index (κ1) is 12.4. The summed E-state index contributed by atoms with van der Waals surface area (Å²) in [5, 5.41) is 1.03. The van der Waals surface area contributed by atoms with Crippen LogP contribution in [0.2, 0.25) is 0 Å². The average Bonchev–Trinajstić information content (AvgIpc) is 2.80. The molecule has 0 saturated heterocycles. The standard InChI is InChI=1S/C14H16N2O2/c1-3-15(2)14(18)9-16-7-6-12-5-4-11(10-17)8-13(12)16/h4-8,10H,3,9H2,1-2H3. The van der Waals surface area contributed by atoms with Gasteiger partial charge in [-0.05, 0) is 24.4 Å². The normalized spacial score (nSPS) is 10.6. The first-order chi connectivity index (χ1) is 8.65. The SMILES string of the molecule is CCN(C)C(=O)Cn1ccc2ccc(C=O)cc21. The van der Waals surface area contributed by atoms with Crippen LogP contribution >= 0.6 is 0 Å². The summed E-state index contributed by atoms with van der Waals surface area (Å²) in [6.07, 6.45) is 2.69. The predicted octanol–water partition coefficient (Wildman–Crippen LogP) is 1.93. The maximum absolute atomic E-state index is 11.9. The lowest BCUT2D eigenvalue weighted by atomic mass is 10.2. The number of rotatable bonds is 4. The third-order valence-electron chi connectivity index (χ3n) is 3.14. The molecule has 1 aromatic heterocycles. The van der Waals surface area contributed by atoms with Crippen LogP contribution in [-0.4, -0.2) is 35.3 Å². The quantitative estimate of drug-likeness (QED) is 0.771. The van der Waals surface area contributed by atoms with E-state index in [4.69, 9.17) is 0 Å². The van der Waals surface area contributed by atoms with Crippen molar-refractivity contribution in [1.82, 2.24) is 9.47 Å². The number of hydrogen-bond acceptors (Lipinski definition) is 2. The molecular weight excluding hydrogens is 228 g/mol. The number of benzene rings is 1. The lowest BCUT2D eigenvalue weighted by Gasteiger charge is -2.15. The Morgan fingerprint density at radius 1 is 1.39 bits per heavy atom. The van der Waals surface area contributed by atoms with E-state index in [1.807, 2.05) is 35.9 Å². The van der Waals surface area contributed by atoms with Crippen molar-refractivity contribution in [1.29, 1.82) is 0 Å². The number of likely N-dealkylation sites (N-methyl/N-ethyl adjacent to an activating group) is 1. The zero-order valence-electron chi connectivity index (χ0n) is 10.6. The summed E-state index contributed by atoms with van der Waals surface area (Å²) in [5.41, 5.74) is 1.54. The Kier molecular flexibility index (Phi) is 3.46. The molecule has 0 atom stereocenters. The lowest BCUT2D eigenvalue weighted by molar-refractivity contribution is -0.130.